The highest BCUT2D eigenvalue weighted by Crippen LogP contribution is 2.38. The Morgan fingerprint density at radius 3 is 3.00 bits per heavy atom. The maximum absolute atomic E-state index is 11.5. The summed E-state index contributed by atoms with van der Waals surface area (Å²) in [6.45, 7) is 0.917. The molecule has 26 heavy (non-hydrogen) atoms. The van der Waals surface area contributed by atoms with Crippen LogP contribution in [-0.2, 0) is 16.1 Å². The third-order valence-corrected chi connectivity index (χ3v) is 4.62. The second kappa shape index (κ2) is 7.04. The Morgan fingerprint density at radius 2 is 2.12 bits per heavy atom. The van der Waals surface area contributed by atoms with E-state index in [9.17, 15) is 4.79 Å². The van der Waals surface area contributed by atoms with Crippen LogP contribution in [0.2, 0.25) is 0 Å². The van der Waals surface area contributed by atoms with E-state index in [-0.39, 0.29) is 11.9 Å². The predicted octanol–water partition coefficient (Wildman–Crippen LogP) is 3.85. The first-order chi connectivity index (χ1) is 12.7. The van der Waals surface area contributed by atoms with E-state index in [1.807, 2.05) is 48.5 Å². The Hall–Kier alpha value is -3.08. The summed E-state index contributed by atoms with van der Waals surface area (Å²) in [6, 6.07) is 15.8. The lowest BCUT2D eigenvalue weighted by Gasteiger charge is -2.10. The Bertz CT molecular complexity index is 948. The summed E-state index contributed by atoms with van der Waals surface area (Å²) in [5, 5.41) is 1.09. The van der Waals surface area contributed by atoms with Gasteiger partial charge in [-0.2, -0.15) is 0 Å². The maximum Gasteiger partial charge on any atom is 0.306 e. The van der Waals surface area contributed by atoms with Crippen molar-refractivity contribution in [3.8, 4) is 11.5 Å². The highest BCUT2D eigenvalue weighted by atomic mass is 16.5. The molecule has 0 saturated heterocycles. The van der Waals surface area contributed by atoms with Crippen molar-refractivity contribution in [2.24, 2.45) is 0 Å². The number of nitrogens with zero attached hydrogens (tertiary/aromatic N) is 1. The second-order valence-electron chi connectivity index (χ2n) is 6.27. The zero-order valence-electron chi connectivity index (χ0n) is 14.5. The van der Waals surface area contributed by atoms with Crippen molar-refractivity contribution in [3.63, 3.8) is 0 Å². The van der Waals surface area contributed by atoms with E-state index < -0.39 is 0 Å². The molecule has 0 saturated carbocycles. The van der Waals surface area contributed by atoms with Gasteiger partial charge in [0.2, 0.25) is 0 Å². The van der Waals surface area contributed by atoms with Gasteiger partial charge in [0, 0.05) is 34.7 Å². The zero-order chi connectivity index (χ0) is 17.9. The number of carbonyl (C=O) groups is 1. The smallest absolute Gasteiger partial charge is 0.306 e. The van der Waals surface area contributed by atoms with Crippen molar-refractivity contribution < 1.29 is 19.0 Å². The number of methoxy groups -OCH3 is 1. The molecule has 132 valence electrons. The summed E-state index contributed by atoms with van der Waals surface area (Å²) in [5.41, 5.74) is 3.01. The largest absolute Gasteiger partial charge is 0.492 e. The van der Waals surface area contributed by atoms with Crippen molar-refractivity contribution in [3.05, 3.63) is 65.9 Å². The van der Waals surface area contributed by atoms with Gasteiger partial charge in [0.15, 0.2) is 0 Å². The number of para-hydroxylation sites is 1. The molecule has 0 bridgehead atoms. The molecule has 0 radical (unpaired) electrons. The SMILES string of the molecule is COC(=O)C[C@@H]1COc2cc(OCc3cccc4cccnc34)ccc21. The summed E-state index contributed by atoms with van der Waals surface area (Å²) in [7, 11) is 1.40. The molecule has 0 amide bonds. The highest BCUT2D eigenvalue weighted by Gasteiger charge is 2.27. The standard InChI is InChI=1S/C21H19NO4/c1-24-20(23)10-16-13-26-19-11-17(7-8-18(16)19)25-12-15-5-2-4-14-6-3-9-22-21(14)15/h2-9,11,16H,10,12-13H2,1H3/t16-/m1/s1. The Balaban J connectivity index is 1.49. The van der Waals surface area contributed by atoms with Gasteiger partial charge in [-0.1, -0.05) is 30.3 Å². The minimum Gasteiger partial charge on any atom is -0.492 e. The van der Waals surface area contributed by atoms with Crippen LogP contribution in [0.3, 0.4) is 0 Å². The summed E-state index contributed by atoms with van der Waals surface area (Å²) in [4.78, 5) is 16.0. The van der Waals surface area contributed by atoms with Crippen molar-refractivity contribution in [2.75, 3.05) is 13.7 Å². The van der Waals surface area contributed by atoms with Crippen LogP contribution in [-0.4, -0.2) is 24.7 Å². The normalized spacial score (nSPS) is 15.3. The van der Waals surface area contributed by atoms with E-state index in [4.69, 9.17) is 14.2 Å². The fraction of sp³-hybridized carbons (Fsp3) is 0.238. The molecule has 0 aliphatic carbocycles. The fourth-order valence-corrected chi connectivity index (χ4v) is 3.25. The molecule has 0 spiro atoms. The van der Waals surface area contributed by atoms with E-state index in [2.05, 4.69) is 4.98 Å². The van der Waals surface area contributed by atoms with E-state index in [0.717, 1.165) is 33.5 Å². The number of rotatable bonds is 5. The van der Waals surface area contributed by atoms with Gasteiger partial charge in [-0.05, 0) is 12.1 Å². The first-order valence-corrected chi connectivity index (χ1v) is 8.53. The second-order valence-corrected chi connectivity index (χ2v) is 6.27. The zero-order valence-corrected chi connectivity index (χ0v) is 14.5. The molecule has 3 aromatic rings. The predicted molar refractivity (Wildman–Crippen MR) is 97.4 cm³/mol. The molecule has 0 unspecified atom stereocenters. The molecule has 0 N–H and O–H groups in total. The van der Waals surface area contributed by atoms with Crippen molar-refractivity contribution in [1.82, 2.24) is 4.98 Å². The highest BCUT2D eigenvalue weighted by molar-refractivity contribution is 5.81. The van der Waals surface area contributed by atoms with Crippen LogP contribution < -0.4 is 9.47 Å². The summed E-state index contributed by atoms with van der Waals surface area (Å²) in [6.07, 6.45) is 2.11. The lowest BCUT2D eigenvalue weighted by atomic mass is 9.98. The number of aromatic nitrogens is 1. The first kappa shape index (κ1) is 16.4. The average Bonchev–Trinajstić information content (AvgIpc) is 3.08. The molecule has 1 aromatic heterocycles. The number of fused-ring (bicyclic) bond motifs is 2. The first-order valence-electron chi connectivity index (χ1n) is 8.53. The molecule has 0 fully saturated rings. The number of ether oxygens (including phenoxy) is 3. The quantitative estimate of drug-likeness (QED) is 0.655. The van der Waals surface area contributed by atoms with Gasteiger partial charge in [0.05, 0.1) is 25.7 Å². The van der Waals surface area contributed by atoms with E-state index in [0.29, 0.717) is 19.6 Å². The van der Waals surface area contributed by atoms with Crippen molar-refractivity contribution >= 4 is 16.9 Å². The summed E-state index contributed by atoms with van der Waals surface area (Å²) < 4.78 is 16.4. The lowest BCUT2D eigenvalue weighted by molar-refractivity contribution is -0.141. The Labute approximate surface area is 151 Å². The number of hydrogen-bond donors (Lipinski definition) is 0. The van der Waals surface area contributed by atoms with Crippen LogP contribution in [0.4, 0.5) is 0 Å². The van der Waals surface area contributed by atoms with Gasteiger partial charge >= 0.3 is 5.97 Å². The van der Waals surface area contributed by atoms with Gasteiger partial charge in [-0.15, -0.1) is 0 Å². The molecule has 2 aromatic carbocycles. The maximum atomic E-state index is 11.5. The fourth-order valence-electron chi connectivity index (χ4n) is 3.25. The Morgan fingerprint density at radius 1 is 1.23 bits per heavy atom. The van der Waals surface area contributed by atoms with E-state index >= 15 is 0 Å². The molecular weight excluding hydrogens is 330 g/mol. The van der Waals surface area contributed by atoms with Gasteiger partial charge in [-0.3, -0.25) is 9.78 Å². The molecule has 4 rings (SSSR count). The van der Waals surface area contributed by atoms with E-state index in [1.165, 1.54) is 7.11 Å². The summed E-state index contributed by atoms with van der Waals surface area (Å²) >= 11 is 0. The lowest BCUT2D eigenvalue weighted by Crippen LogP contribution is -2.09. The molecule has 1 aliphatic rings. The monoisotopic (exact) mass is 349 g/mol. The van der Waals surface area contributed by atoms with Crippen LogP contribution in [0.1, 0.15) is 23.5 Å². The molecule has 5 nitrogen and oxygen atoms in total. The number of hydrogen-bond acceptors (Lipinski definition) is 5. The Kier molecular flexibility index (Phi) is 4.44. The van der Waals surface area contributed by atoms with Crippen LogP contribution in [0.25, 0.3) is 10.9 Å². The number of esters is 1. The van der Waals surface area contributed by atoms with Gasteiger partial charge < -0.3 is 14.2 Å². The summed E-state index contributed by atoms with van der Waals surface area (Å²) in [5.74, 6) is 1.31. The molecule has 5 heteroatoms. The molecule has 2 heterocycles. The van der Waals surface area contributed by atoms with Gasteiger partial charge in [0.25, 0.3) is 0 Å². The minimum atomic E-state index is -0.227. The van der Waals surface area contributed by atoms with Gasteiger partial charge in [-0.25, -0.2) is 0 Å². The minimum absolute atomic E-state index is 0.0359. The van der Waals surface area contributed by atoms with Crippen molar-refractivity contribution in [2.45, 2.75) is 18.9 Å². The van der Waals surface area contributed by atoms with Crippen LogP contribution in [0.15, 0.2) is 54.7 Å². The van der Waals surface area contributed by atoms with Crippen LogP contribution in [0.5, 0.6) is 11.5 Å². The molecule has 1 atom stereocenters. The third-order valence-electron chi connectivity index (χ3n) is 4.62. The third kappa shape index (κ3) is 3.20. The molecule has 1 aliphatic heterocycles. The number of carbonyl (C=O) groups excluding carboxylic acids is 1. The number of pyridine rings is 1. The van der Waals surface area contributed by atoms with Crippen LogP contribution >= 0.6 is 0 Å². The average molecular weight is 349 g/mol. The van der Waals surface area contributed by atoms with Gasteiger partial charge in [0.1, 0.15) is 18.1 Å². The molecular formula is C21H19NO4. The topological polar surface area (TPSA) is 57.7 Å². The number of benzene rings is 2. The van der Waals surface area contributed by atoms with Crippen LogP contribution in [0, 0.1) is 0 Å². The van der Waals surface area contributed by atoms with E-state index in [1.54, 1.807) is 6.20 Å². The van der Waals surface area contributed by atoms with Crippen molar-refractivity contribution in [1.29, 1.82) is 0 Å².